The summed E-state index contributed by atoms with van der Waals surface area (Å²) < 4.78 is 38.3. The molecular formula is C13H11ClFNO4S. The maximum absolute atomic E-state index is 14.0. The lowest BCUT2D eigenvalue weighted by Crippen LogP contribution is -2.17. The van der Waals surface area contributed by atoms with Gasteiger partial charge in [-0.1, -0.05) is 18.5 Å². The van der Waals surface area contributed by atoms with Crippen LogP contribution >= 0.6 is 11.6 Å². The molecule has 0 saturated heterocycles. The molecule has 0 amide bonds. The van der Waals surface area contributed by atoms with Gasteiger partial charge in [-0.15, -0.1) is 0 Å². The Bertz CT molecular complexity index is 861. The fraction of sp³-hybridized carbons (Fsp3) is 0.154. The highest BCUT2D eigenvalue weighted by molar-refractivity contribution is 7.91. The molecule has 1 heterocycles. The Labute approximate surface area is 125 Å². The van der Waals surface area contributed by atoms with Crippen molar-refractivity contribution in [1.29, 1.82) is 0 Å². The fourth-order valence-electron chi connectivity index (χ4n) is 1.75. The summed E-state index contributed by atoms with van der Waals surface area (Å²) in [7, 11) is -3.68. The van der Waals surface area contributed by atoms with Crippen LogP contribution in [0.3, 0.4) is 0 Å². The van der Waals surface area contributed by atoms with Crippen molar-refractivity contribution in [2.75, 3.05) is 5.75 Å². The van der Waals surface area contributed by atoms with Crippen molar-refractivity contribution in [2.24, 2.45) is 0 Å². The summed E-state index contributed by atoms with van der Waals surface area (Å²) in [6.07, 6.45) is 1.13. The van der Waals surface area contributed by atoms with Crippen LogP contribution in [-0.4, -0.2) is 23.8 Å². The molecule has 1 aromatic carbocycles. The number of halogens is 2. The largest absolute Gasteiger partial charge is 0.506 e. The molecular weight excluding hydrogens is 321 g/mol. The van der Waals surface area contributed by atoms with Gasteiger partial charge in [0.1, 0.15) is 16.5 Å². The molecule has 112 valence electrons. The van der Waals surface area contributed by atoms with E-state index in [9.17, 15) is 22.7 Å². The lowest BCUT2D eigenvalue weighted by molar-refractivity contribution is 0.473. The fourth-order valence-corrected chi connectivity index (χ4v) is 2.84. The third kappa shape index (κ3) is 2.93. The van der Waals surface area contributed by atoms with Crippen LogP contribution in [0.15, 0.2) is 40.2 Å². The average Bonchev–Trinajstić information content (AvgIpc) is 2.42. The molecule has 8 heteroatoms. The second-order valence-corrected chi connectivity index (χ2v) is 6.89. The zero-order valence-electron chi connectivity index (χ0n) is 10.9. The zero-order chi connectivity index (χ0) is 15.8. The highest BCUT2D eigenvalue weighted by Crippen LogP contribution is 2.23. The van der Waals surface area contributed by atoms with Crippen LogP contribution in [0, 0.1) is 5.82 Å². The summed E-state index contributed by atoms with van der Waals surface area (Å²) in [4.78, 5) is 11.3. The van der Waals surface area contributed by atoms with Crippen molar-refractivity contribution >= 4 is 21.4 Å². The van der Waals surface area contributed by atoms with Crippen LogP contribution in [-0.2, 0) is 9.84 Å². The Morgan fingerprint density at radius 3 is 2.57 bits per heavy atom. The van der Waals surface area contributed by atoms with Crippen LogP contribution < -0.4 is 5.56 Å². The molecule has 0 radical (unpaired) electrons. The van der Waals surface area contributed by atoms with E-state index in [0.29, 0.717) is 0 Å². The molecule has 2 aromatic rings. The summed E-state index contributed by atoms with van der Waals surface area (Å²) in [5, 5.41) is 9.23. The van der Waals surface area contributed by atoms with Gasteiger partial charge in [-0.2, -0.15) is 0 Å². The highest BCUT2D eigenvalue weighted by Gasteiger charge is 2.18. The molecule has 0 aliphatic carbocycles. The van der Waals surface area contributed by atoms with Gasteiger partial charge >= 0.3 is 0 Å². The van der Waals surface area contributed by atoms with Crippen LogP contribution in [0.25, 0.3) is 5.69 Å². The van der Waals surface area contributed by atoms with Crippen molar-refractivity contribution in [3.05, 3.63) is 51.7 Å². The van der Waals surface area contributed by atoms with E-state index < -0.39 is 26.1 Å². The van der Waals surface area contributed by atoms with Gasteiger partial charge in [0.2, 0.25) is 0 Å². The zero-order valence-corrected chi connectivity index (χ0v) is 12.4. The number of aromatic hydroxyl groups is 1. The number of hydrogen-bond donors (Lipinski definition) is 1. The molecule has 0 atom stereocenters. The van der Waals surface area contributed by atoms with Gasteiger partial charge in [0.05, 0.1) is 16.5 Å². The monoisotopic (exact) mass is 331 g/mol. The van der Waals surface area contributed by atoms with Gasteiger partial charge in [0.15, 0.2) is 9.84 Å². The first kappa shape index (κ1) is 15.5. The number of hydrogen-bond acceptors (Lipinski definition) is 4. The Morgan fingerprint density at radius 2 is 2.00 bits per heavy atom. The molecule has 1 N–H and O–H groups in total. The van der Waals surface area contributed by atoms with E-state index >= 15 is 0 Å². The molecule has 0 unspecified atom stereocenters. The molecule has 21 heavy (non-hydrogen) atoms. The van der Waals surface area contributed by atoms with E-state index in [1.54, 1.807) is 0 Å². The number of pyridine rings is 1. The van der Waals surface area contributed by atoms with Crippen LogP contribution in [0.2, 0.25) is 5.02 Å². The number of aromatic nitrogens is 1. The Kier molecular flexibility index (Phi) is 4.06. The van der Waals surface area contributed by atoms with Gasteiger partial charge in [-0.05, 0) is 18.2 Å². The van der Waals surface area contributed by atoms with Gasteiger partial charge in [-0.3, -0.25) is 9.36 Å². The normalized spacial score (nSPS) is 11.6. The second kappa shape index (κ2) is 5.50. The molecule has 0 bridgehead atoms. The summed E-state index contributed by atoms with van der Waals surface area (Å²) >= 11 is 5.70. The number of rotatable bonds is 3. The lowest BCUT2D eigenvalue weighted by Gasteiger charge is -2.09. The number of benzene rings is 1. The van der Waals surface area contributed by atoms with E-state index in [1.165, 1.54) is 13.0 Å². The molecule has 0 saturated carbocycles. The second-order valence-electron chi connectivity index (χ2n) is 4.23. The summed E-state index contributed by atoms with van der Waals surface area (Å²) in [6, 6.07) is 4.20. The maximum Gasteiger partial charge on any atom is 0.258 e. The van der Waals surface area contributed by atoms with Crippen molar-refractivity contribution in [1.82, 2.24) is 4.57 Å². The van der Waals surface area contributed by atoms with Gasteiger partial charge in [0, 0.05) is 12.3 Å². The number of sulfone groups is 1. The van der Waals surface area contributed by atoms with Crippen LogP contribution in [0.5, 0.6) is 5.75 Å². The van der Waals surface area contributed by atoms with E-state index in [-0.39, 0.29) is 22.2 Å². The summed E-state index contributed by atoms with van der Waals surface area (Å²) in [5.74, 6) is -1.57. The van der Waals surface area contributed by atoms with E-state index in [1.807, 2.05) is 0 Å². The topological polar surface area (TPSA) is 76.4 Å². The summed E-state index contributed by atoms with van der Waals surface area (Å²) in [6.45, 7) is 1.41. The third-order valence-corrected chi connectivity index (χ3v) is 4.95. The standard InChI is InChI=1S/C13H11ClFNO4S/c1-2-21(19,20)12-4-3-8(5-10(12)15)16-7-9(14)11(17)6-13(16)18/h3-7,17H,2H2,1H3. The molecule has 0 spiro atoms. The minimum Gasteiger partial charge on any atom is -0.506 e. The van der Waals surface area contributed by atoms with Gasteiger partial charge < -0.3 is 5.11 Å². The van der Waals surface area contributed by atoms with E-state index in [2.05, 4.69) is 0 Å². The van der Waals surface area contributed by atoms with Crippen LogP contribution in [0.1, 0.15) is 6.92 Å². The van der Waals surface area contributed by atoms with Crippen molar-refractivity contribution in [3.8, 4) is 11.4 Å². The quantitative estimate of drug-likeness (QED) is 0.934. The Hall–Kier alpha value is -1.86. The Morgan fingerprint density at radius 1 is 1.33 bits per heavy atom. The third-order valence-electron chi connectivity index (χ3n) is 2.89. The van der Waals surface area contributed by atoms with Crippen molar-refractivity contribution in [3.63, 3.8) is 0 Å². The number of nitrogens with zero attached hydrogens (tertiary/aromatic N) is 1. The SMILES string of the molecule is CCS(=O)(=O)c1ccc(-n2cc(Cl)c(O)cc2=O)cc1F. The smallest absolute Gasteiger partial charge is 0.258 e. The van der Waals surface area contributed by atoms with E-state index in [4.69, 9.17) is 11.6 Å². The lowest BCUT2D eigenvalue weighted by atomic mass is 10.3. The molecule has 2 rings (SSSR count). The predicted molar refractivity (Wildman–Crippen MR) is 76.4 cm³/mol. The summed E-state index contributed by atoms with van der Waals surface area (Å²) in [5.41, 5.74) is -0.517. The molecule has 0 fully saturated rings. The minimum absolute atomic E-state index is 0.0831. The predicted octanol–water partition coefficient (Wildman–Crippen LogP) is 2.13. The first-order chi connectivity index (χ1) is 9.76. The van der Waals surface area contributed by atoms with Gasteiger partial charge in [-0.25, -0.2) is 12.8 Å². The van der Waals surface area contributed by atoms with Crippen LogP contribution in [0.4, 0.5) is 4.39 Å². The minimum atomic E-state index is -3.68. The first-order valence-electron chi connectivity index (χ1n) is 5.90. The van der Waals surface area contributed by atoms with Crippen molar-refractivity contribution < 1.29 is 17.9 Å². The molecule has 1 aromatic heterocycles. The molecule has 5 nitrogen and oxygen atoms in total. The molecule has 0 aliphatic rings. The average molecular weight is 332 g/mol. The first-order valence-corrected chi connectivity index (χ1v) is 7.93. The van der Waals surface area contributed by atoms with Crippen molar-refractivity contribution in [2.45, 2.75) is 11.8 Å². The Balaban J connectivity index is 2.61. The van der Waals surface area contributed by atoms with E-state index in [0.717, 1.165) is 29.0 Å². The maximum atomic E-state index is 14.0. The van der Waals surface area contributed by atoms with Gasteiger partial charge in [0.25, 0.3) is 5.56 Å². The highest BCUT2D eigenvalue weighted by atomic mass is 35.5. The molecule has 0 aliphatic heterocycles.